The second-order valence-corrected chi connectivity index (χ2v) is 6.15. The second kappa shape index (κ2) is 4.18. The van der Waals surface area contributed by atoms with Gasteiger partial charge in [-0.25, -0.2) is 4.98 Å². The van der Waals surface area contributed by atoms with Crippen LogP contribution in [-0.2, 0) is 5.41 Å². The van der Waals surface area contributed by atoms with Crippen molar-refractivity contribution < 1.29 is 5.11 Å². The Morgan fingerprint density at radius 1 is 1.33 bits per heavy atom. The molecule has 18 heavy (non-hydrogen) atoms. The molecule has 2 aromatic rings. The quantitative estimate of drug-likeness (QED) is 0.915. The molecule has 0 unspecified atom stereocenters. The molecule has 1 aromatic carbocycles. The highest BCUT2D eigenvalue weighted by Gasteiger charge is 2.46. The Morgan fingerprint density at radius 2 is 2.11 bits per heavy atom. The molecule has 0 aliphatic heterocycles. The zero-order valence-electron chi connectivity index (χ0n) is 10.7. The molecule has 0 spiro atoms. The van der Waals surface area contributed by atoms with Crippen LogP contribution in [0.5, 0.6) is 0 Å². The molecular weight excluding hydrogens is 242 g/mol. The van der Waals surface area contributed by atoms with E-state index in [1.807, 2.05) is 0 Å². The molecule has 0 saturated heterocycles. The zero-order valence-corrected chi connectivity index (χ0v) is 11.5. The van der Waals surface area contributed by atoms with Crippen LogP contribution in [0.1, 0.15) is 29.0 Å². The molecule has 0 amide bonds. The maximum Gasteiger partial charge on any atom is 0.102 e. The van der Waals surface area contributed by atoms with Crippen molar-refractivity contribution in [2.45, 2.75) is 32.1 Å². The average Bonchev–Trinajstić information content (AvgIpc) is 3.00. The Balaban J connectivity index is 1.98. The Hall–Kier alpha value is -1.19. The number of benzene rings is 1. The Morgan fingerprint density at radius 3 is 2.72 bits per heavy atom. The van der Waals surface area contributed by atoms with Crippen LogP contribution in [0.3, 0.4) is 0 Å². The summed E-state index contributed by atoms with van der Waals surface area (Å²) in [6.45, 7) is 4.46. The van der Waals surface area contributed by atoms with Crippen molar-refractivity contribution >= 4 is 11.3 Å². The van der Waals surface area contributed by atoms with Crippen LogP contribution in [-0.4, -0.2) is 16.7 Å². The van der Waals surface area contributed by atoms with Crippen LogP contribution >= 0.6 is 11.3 Å². The molecule has 94 valence electrons. The molecule has 1 N–H and O–H groups in total. The minimum atomic E-state index is -0.0124. The predicted octanol–water partition coefficient (Wildman–Crippen LogP) is 3.45. The number of aliphatic hydroxyl groups is 1. The van der Waals surface area contributed by atoms with E-state index in [1.54, 1.807) is 11.3 Å². The first kappa shape index (κ1) is 11.9. The van der Waals surface area contributed by atoms with Crippen LogP contribution in [0.2, 0.25) is 0 Å². The van der Waals surface area contributed by atoms with Gasteiger partial charge < -0.3 is 5.11 Å². The van der Waals surface area contributed by atoms with Gasteiger partial charge in [0.1, 0.15) is 5.01 Å². The standard InChI is InChI=1S/C15H17NOS/c1-10-3-4-12(11(2)7-10)13-8-18-14(16-13)15(9-17)5-6-15/h3-4,7-8,17H,5-6,9H2,1-2H3. The van der Waals surface area contributed by atoms with Gasteiger partial charge in [0.15, 0.2) is 0 Å². The van der Waals surface area contributed by atoms with Gasteiger partial charge in [0.05, 0.1) is 12.3 Å². The molecule has 1 heterocycles. The number of nitrogens with zero attached hydrogens (tertiary/aromatic N) is 1. The molecular formula is C15H17NOS. The third-order valence-electron chi connectivity index (χ3n) is 3.77. The normalized spacial score (nSPS) is 16.8. The third kappa shape index (κ3) is 1.88. The number of aromatic nitrogens is 1. The summed E-state index contributed by atoms with van der Waals surface area (Å²) in [4.78, 5) is 4.73. The van der Waals surface area contributed by atoms with Crippen LogP contribution in [0.15, 0.2) is 23.6 Å². The Kier molecular flexibility index (Phi) is 2.76. The molecule has 1 aromatic heterocycles. The van der Waals surface area contributed by atoms with Gasteiger partial charge in [0, 0.05) is 16.4 Å². The minimum Gasteiger partial charge on any atom is -0.395 e. The third-order valence-corrected chi connectivity index (χ3v) is 4.86. The summed E-state index contributed by atoms with van der Waals surface area (Å²) in [6, 6.07) is 6.45. The van der Waals surface area contributed by atoms with Gasteiger partial charge >= 0.3 is 0 Å². The van der Waals surface area contributed by atoms with Crippen molar-refractivity contribution in [2.75, 3.05) is 6.61 Å². The van der Waals surface area contributed by atoms with Crippen LogP contribution < -0.4 is 0 Å². The van der Waals surface area contributed by atoms with E-state index < -0.39 is 0 Å². The fourth-order valence-corrected chi connectivity index (χ4v) is 3.41. The fourth-order valence-electron chi connectivity index (χ4n) is 2.33. The zero-order chi connectivity index (χ0) is 12.8. The average molecular weight is 259 g/mol. The lowest BCUT2D eigenvalue weighted by Gasteiger charge is -2.07. The van der Waals surface area contributed by atoms with Gasteiger partial charge in [0.25, 0.3) is 0 Å². The van der Waals surface area contributed by atoms with E-state index in [4.69, 9.17) is 4.98 Å². The van der Waals surface area contributed by atoms with Crippen molar-refractivity contribution in [2.24, 2.45) is 0 Å². The van der Waals surface area contributed by atoms with Crippen molar-refractivity contribution in [1.29, 1.82) is 0 Å². The molecule has 0 bridgehead atoms. The molecule has 1 aliphatic rings. The Labute approximate surface area is 111 Å². The number of hydrogen-bond donors (Lipinski definition) is 1. The maximum atomic E-state index is 9.45. The maximum absolute atomic E-state index is 9.45. The highest BCUT2D eigenvalue weighted by molar-refractivity contribution is 7.10. The first-order valence-electron chi connectivity index (χ1n) is 6.29. The molecule has 0 atom stereocenters. The number of aryl methyl sites for hydroxylation is 2. The number of hydrogen-bond acceptors (Lipinski definition) is 3. The van der Waals surface area contributed by atoms with Crippen molar-refractivity contribution in [1.82, 2.24) is 4.98 Å². The smallest absolute Gasteiger partial charge is 0.102 e. The lowest BCUT2D eigenvalue weighted by Crippen LogP contribution is -2.11. The first-order chi connectivity index (χ1) is 8.64. The van der Waals surface area contributed by atoms with Crippen LogP contribution in [0.25, 0.3) is 11.3 Å². The second-order valence-electron chi connectivity index (χ2n) is 5.29. The summed E-state index contributed by atoms with van der Waals surface area (Å²) < 4.78 is 0. The first-order valence-corrected chi connectivity index (χ1v) is 7.17. The van der Waals surface area contributed by atoms with Gasteiger partial charge in [-0.1, -0.05) is 23.8 Å². The van der Waals surface area contributed by atoms with E-state index in [-0.39, 0.29) is 12.0 Å². The molecule has 1 saturated carbocycles. The molecule has 2 nitrogen and oxygen atoms in total. The van der Waals surface area contributed by atoms with E-state index in [9.17, 15) is 5.11 Å². The monoisotopic (exact) mass is 259 g/mol. The van der Waals surface area contributed by atoms with E-state index in [0.717, 1.165) is 23.5 Å². The Bertz CT molecular complexity index is 584. The molecule has 1 fully saturated rings. The summed E-state index contributed by atoms with van der Waals surface area (Å²) in [6.07, 6.45) is 2.15. The lowest BCUT2D eigenvalue weighted by molar-refractivity contribution is 0.255. The largest absolute Gasteiger partial charge is 0.395 e. The van der Waals surface area contributed by atoms with Crippen molar-refractivity contribution in [3.05, 3.63) is 39.7 Å². The molecule has 0 radical (unpaired) electrons. The van der Waals surface area contributed by atoms with Crippen LogP contribution in [0.4, 0.5) is 0 Å². The summed E-state index contributed by atoms with van der Waals surface area (Å²) in [5.74, 6) is 0. The predicted molar refractivity (Wildman–Crippen MR) is 75.0 cm³/mol. The highest BCUT2D eigenvalue weighted by atomic mass is 32.1. The van der Waals surface area contributed by atoms with Gasteiger partial charge in [-0.3, -0.25) is 0 Å². The number of thiazole rings is 1. The van der Waals surface area contributed by atoms with E-state index in [0.29, 0.717) is 0 Å². The van der Waals surface area contributed by atoms with E-state index in [1.165, 1.54) is 16.7 Å². The topological polar surface area (TPSA) is 33.1 Å². The van der Waals surface area contributed by atoms with Crippen molar-refractivity contribution in [3.63, 3.8) is 0 Å². The SMILES string of the molecule is Cc1ccc(-c2csc(C3(CO)CC3)n2)c(C)c1. The summed E-state index contributed by atoms with van der Waals surface area (Å²) >= 11 is 1.68. The van der Waals surface area contributed by atoms with Gasteiger partial charge in [-0.05, 0) is 32.3 Å². The molecule has 1 aliphatic carbocycles. The molecule has 3 heteroatoms. The summed E-state index contributed by atoms with van der Waals surface area (Å²) in [7, 11) is 0. The summed E-state index contributed by atoms with van der Waals surface area (Å²) in [5, 5.41) is 12.7. The minimum absolute atomic E-state index is 0.0124. The van der Waals surface area contributed by atoms with Gasteiger partial charge in [0.2, 0.25) is 0 Å². The van der Waals surface area contributed by atoms with Crippen LogP contribution in [0, 0.1) is 13.8 Å². The van der Waals surface area contributed by atoms with E-state index >= 15 is 0 Å². The highest BCUT2D eigenvalue weighted by Crippen LogP contribution is 2.49. The molecule has 3 rings (SSSR count). The number of aliphatic hydroxyl groups excluding tert-OH is 1. The lowest BCUT2D eigenvalue weighted by atomic mass is 10.0. The fraction of sp³-hybridized carbons (Fsp3) is 0.400. The van der Waals surface area contributed by atoms with E-state index in [2.05, 4.69) is 37.4 Å². The summed E-state index contributed by atoms with van der Waals surface area (Å²) in [5.41, 5.74) is 4.78. The van der Waals surface area contributed by atoms with Gasteiger partial charge in [-0.2, -0.15) is 0 Å². The van der Waals surface area contributed by atoms with Crippen molar-refractivity contribution in [3.8, 4) is 11.3 Å². The number of rotatable bonds is 3. The van der Waals surface area contributed by atoms with Gasteiger partial charge in [-0.15, -0.1) is 11.3 Å².